The number of carbonyl (C=O) groups is 1. The van der Waals surface area contributed by atoms with Crippen molar-refractivity contribution in [2.45, 2.75) is 31.3 Å². The SMILES string of the molecule is Nc1cc(Cl)cc(C(=O)C2CCOC3(CCOCC3)C2)c1. The number of anilines is 1. The summed E-state index contributed by atoms with van der Waals surface area (Å²) in [6.07, 6.45) is 3.26. The van der Waals surface area contributed by atoms with Gasteiger partial charge in [0, 0.05) is 42.0 Å². The number of nitrogens with two attached hydrogens (primary N) is 1. The Balaban J connectivity index is 1.77. The van der Waals surface area contributed by atoms with E-state index in [0.29, 0.717) is 36.1 Å². The molecule has 2 aliphatic heterocycles. The van der Waals surface area contributed by atoms with Crippen LogP contribution in [0.3, 0.4) is 0 Å². The summed E-state index contributed by atoms with van der Waals surface area (Å²) in [7, 11) is 0. The third-order valence-corrected chi connectivity index (χ3v) is 4.69. The number of ether oxygens (including phenoxy) is 2. The van der Waals surface area contributed by atoms with Gasteiger partial charge >= 0.3 is 0 Å². The van der Waals surface area contributed by atoms with E-state index in [1.165, 1.54) is 0 Å². The van der Waals surface area contributed by atoms with Crippen LogP contribution in [0.5, 0.6) is 0 Å². The fraction of sp³-hybridized carbons (Fsp3) is 0.562. The van der Waals surface area contributed by atoms with Crippen molar-refractivity contribution >= 4 is 23.1 Å². The van der Waals surface area contributed by atoms with Crippen molar-refractivity contribution in [1.29, 1.82) is 0 Å². The Morgan fingerprint density at radius 1 is 1.24 bits per heavy atom. The fourth-order valence-electron chi connectivity index (χ4n) is 3.33. The van der Waals surface area contributed by atoms with Crippen molar-refractivity contribution in [1.82, 2.24) is 0 Å². The van der Waals surface area contributed by atoms with E-state index in [9.17, 15) is 4.79 Å². The maximum absolute atomic E-state index is 12.7. The minimum absolute atomic E-state index is 0.0188. The molecule has 4 nitrogen and oxygen atoms in total. The number of nitrogen functional groups attached to an aromatic ring is 1. The van der Waals surface area contributed by atoms with Crippen molar-refractivity contribution in [2.75, 3.05) is 25.6 Å². The highest BCUT2D eigenvalue weighted by Gasteiger charge is 2.41. The number of halogens is 1. The molecule has 0 saturated carbocycles. The van der Waals surface area contributed by atoms with Crippen molar-refractivity contribution < 1.29 is 14.3 Å². The quantitative estimate of drug-likeness (QED) is 0.673. The molecule has 21 heavy (non-hydrogen) atoms. The minimum Gasteiger partial charge on any atom is -0.399 e. The monoisotopic (exact) mass is 309 g/mol. The van der Waals surface area contributed by atoms with Gasteiger partial charge in [0.15, 0.2) is 5.78 Å². The first kappa shape index (κ1) is 14.8. The number of ketones is 1. The van der Waals surface area contributed by atoms with Gasteiger partial charge in [0.1, 0.15) is 0 Å². The third kappa shape index (κ3) is 3.23. The Morgan fingerprint density at radius 3 is 2.71 bits per heavy atom. The molecule has 0 amide bonds. The molecule has 2 saturated heterocycles. The Kier molecular flexibility index (Phi) is 4.20. The van der Waals surface area contributed by atoms with Gasteiger partial charge in [0.25, 0.3) is 0 Å². The fourth-order valence-corrected chi connectivity index (χ4v) is 3.58. The first-order chi connectivity index (χ1) is 10.1. The van der Waals surface area contributed by atoms with E-state index in [2.05, 4.69) is 0 Å². The van der Waals surface area contributed by atoms with E-state index in [0.717, 1.165) is 25.7 Å². The molecule has 1 unspecified atom stereocenters. The second-order valence-corrected chi connectivity index (χ2v) is 6.41. The van der Waals surface area contributed by atoms with Gasteiger partial charge in [-0.05, 0) is 43.9 Å². The highest BCUT2D eigenvalue weighted by Crippen LogP contribution is 2.38. The first-order valence-corrected chi connectivity index (χ1v) is 7.78. The molecule has 1 atom stereocenters. The molecule has 5 heteroatoms. The van der Waals surface area contributed by atoms with Gasteiger partial charge < -0.3 is 15.2 Å². The molecule has 114 valence electrons. The van der Waals surface area contributed by atoms with E-state index in [1.807, 2.05) is 0 Å². The van der Waals surface area contributed by atoms with Gasteiger partial charge in [0.2, 0.25) is 0 Å². The Bertz CT molecular complexity index is 515. The van der Waals surface area contributed by atoms with Crippen LogP contribution in [-0.2, 0) is 9.47 Å². The first-order valence-electron chi connectivity index (χ1n) is 7.40. The summed E-state index contributed by atoms with van der Waals surface area (Å²) in [5, 5.41) is 0.506. The van der Waals surface area contributed by atoms with Crippen LogP contribution in [0.1, 0.15) is 36.0 Å². The van der Waals surface area contributed by atoms with Crippen molar-refractivity contribution in [2.24, 2.45) is 5.92 Å². The molecule has 0 radical (unpaired) electrons. The normalized spacial score (nSPS) is 24.9. The molecular weight excluding hydrogens is 290 g/mol. The van der Waals surface area contributed by atoms with Gasteiger partial charge in [-0.25, -0.2) is 0 Å². The summed E-state index contributed by atoms with van der Waals surface area (Å²) in [5.41, 5.74) is 6.74. The number of benzene rings is 1. The lowest BCUT2D eigenvalue weighted by molar-refractivity contribution is -0.142. The molecule has 0 aliphatic carbocycles. The predicted molar refractivity (Wildman–Crippen MR) is 81.7 cm³/mol. The van der Waals surface area contributed by atoms with Crippen LogP contribution in [0.25, 0.3) is 0 Å². The summed E-state index contributed by atoms with van der Waals surface area (Å²) in [6, 6.07) is 5.06. The summed E-state index contributed by atoms with van der Waals surface area (Å²) < 4.78 is 11.4. The van der Waals surface area contributed by atoms with Crippen LogP contribution < -0.4 is 5.73 Å². The van der Waals surface area contributed by atoms with Crippen molar-refractivity contribution in [3.05, 3.63) is 28.8 Å². The molecule has 0 bridgehead atoms. The number of hydrogen-bond donors (Lipinski definition) is 1. The van der Waals surface area contributed by atoms with E-state index in [4.69, 9.17) is 26.8 Å². The van der Waals surface area contributed by atoms with E-state index in [-0.39, 0.29) is 17.3 Å². The summed E-state index contributed by atoms with van der Waals surface area (Å²) in [6.45, 7) is 2.06. The average molecular weight is 310 g/mol. The van der Waals surface area contributed by atoms with Crippen LogP contribution in [0.4, 0.5) is 5.69 Å². The molecule has 1 spiro atoms. The Morgan fingerprint density at radius 2 is 2.00 bits per heavy atom. The average Bonchev–Trinajstić information content (AvgIpc) is 2.46. The lowest BCUT2D eigenvalue weighted by atomic mass is 9.78. The van der Waals surface area contributed by atoms with E-state index < -0.39 is 0 Å². The lowest BCUT2D eigenvalue weighted by Gasteiger charge is -2.42. The number of Topliss-reactive ketones (excluding diaryl/α,β-unsaturated/α-hetero) is 1. The molecular formula is C16H20ClNO3. The molecule has 1 aromatic rings. The number of carbonyl (C=O) groups excluding carboxylic acids is 1. The molecule has 0 aromatic heterocycles. The van der Waals surface area contributed by atoms with Crippen LogP contribution >= 0.6 is 11.6 Å². The maximum Gasteiger partial charge on any atom is 0.166 e. The smallest absolute Gasteiger partial charge is 0.166 e. The predicted octanol–water partition coefficient (Wildman–Crippen LogP) is 3.08. The molecule has 2 fully saturated rings. The van der Waals surface area contributed by atoms with Gasteiger partial charge in [-0.1, -0.05) is 11.6 Å². The van der Waals surface area contributed by atoms with E-state index >= 15 is 0 Å². The van der Waals surface area contributed by atoms with E-state index in [1.54, 1.807) is 18.2 Å². The van der Waals surface area contributed by atoms with Crippen molar-refractivity contribution in [3.8, 4) is 0 Å². The molecule has 1 aromatic carbocycles. The summed E-state index contributed by atoms with van der Waals surface area (Å²) in [4.78, 5) is 12.7. The van der Waals surface area contributed by atoms with Crippen molar-refractivity contribution in [3.63, 3.8) is 0 Å². The Hall–Kier alpha value is -1.10. The van der Waals surface area contributed by atoms with Crippen LogP contribution in [0.2, 0.25) is 5.02 Å². The van der Waals surface area contributed by atoms with Crippen LogP contribution in [0, 0.1) is 5.92 Å². The standard InChI is InChI=1S/C16H20ClNO3/c17-13-7-12(8-14(18)9-13)15(19)11-1-4-21-16(10-11)2-5-20-6-3-16/h7-9,11H,1-6,10,18H2. The maximum atomic E-state index is 12.7. The zero-order valence-electron chi connectivity index (χ0n) is 11.9. The highest BCUT2D eigenvalue weighted by atomic mass is 35.5. The number of rotatable bonds is 2. The second-order valence-electron chi connectivity index (χ2n) is 5.97. The topological polar surface area (TPSA) is 61.6 Å². The highest BCUT2D eigenvalue weighted by molar-refractivity contribution is 6.31. The molecule has 2 aliphatic rings. The minimum atomic E-state index is -0.180. The van der Waals surface area contributed by atoms with Gasteiger partial charge in [-0.15, -0.1) is 0 Å². The second kappa shape index (κ2) is 5.95. The summed E-state index contributed by atoms with van der Waals surface area (Å²) in [5.74, 6) is 0.105. The zero-order chi connectivity index (χ0) is 14.9. The van der Waals surface area contributed by atoms with Gasteiger partial charge in [0.05, 0.1) is 5.60 Å². The van der Waals surface area contributed by atoms with Crippen LogP contribution in [-0.4, -0.2) is 31.2 Å². The summed E-state index contributed by atoms with van der Waals surface area (Å²) >= 11 is 6.00. The van der Waals surface area contributed by atoms with Gasteiger partial charge in [-0.2, -0.15) is 0 Å². The lowest BCUT2D eigenvalue weighted by Crippen LogP contribution is -2.45. The van der Waals surface area contributed by atoms with Gasteiger partial charge in [-0.3, -0.25) is 4.79 Å². The molecule has 2 heterocycles. The molecule has 3 rings (SSSR count). The largest absolute Gasteiger partial charge is 0.399 e. The van der Waals surface area contributed by atoms with Crippen LogP contribution in [0.15, 0.2) is 18.2 Å². The molecule has 2 N–H and O–H groups in total. The Labute approximate surface area is 129 Å². The number of hydrogen-bond acceptors (Lipinski definition) is 4. The third-order valence-electron chi connectivity index (χ3n) is 4.47. The zero-order valence-corrected chi connectivity index (χ0v) is 12.7.